The summed E-state index contributed by atoms with van der Waals surface area (Å²) >= 11 is 0. The molecule has 0 aromatic rings. The SMILES string of the molecule is CC1C(=NO)CCC(C(=O)O)C1(C)C. The molecular weight excluding hydrogens is 182 g/mol. The van der Waals surface area contributed by atoms with Gasteiger partial charge in [0, 0.05) is 5.92 Å². The van der Waals surface area contributed by atoms with Crippen LogP contribution in [0.5, 0.6) is 0 Å². The number of hydrogen-bond donors (Lipinski definition) is 2. The lowest BCUT2D eigenvalue weighted by molar-refractivity contribution is -0.147. The second kappa shape index (κ2) is 3.59. The minimum Gasteiger partial charge on any atom is -0.481 e. The number of aliphatic carboxylic acids is 1. The number of nitrogens with zero attached hydrogens (tertiary/aromatic N) is 1. The fraction of sp³-hybridized carbons (Fsp3) is 0.800. The van der Waals surface area contributed by atoms with Crippen molar-refractivity contribution in [1.82, 2.24) is 0 Å². The zero-order valence-corrected chi connectivity index (χ0v) is 8.82. The van der Waals surface area contributed by atoms with E-state index in [-0.39, 0.29) is 17.3 Å². The highest BCUT2D eigenvalue weighted by Gasteiger charge is 2.44. The Bertz CT molecular complexity index is 271. The summed E-state index contributed by atoms with van der Waals surface area (Å²) < 4.78 is 0. The number of hydrogen-bond acceptors (Lipinski definition) is 3. The average molecular weight is 199 g/mol. The van der Waals surface area contributed by atoms with E-state index in [1.807, 2.05) is 20.8 Å². The summed E-state index contributed by atoms with van der Waals surface area (Å²) in [6.45, 7) is 5.76. The van der Waals surface area contributed by atoms with E-state index in [1.165, 1.54) is 0 Å². The number of rotatable bonds is 1. The van der Waals surface area contributed by atoms with Crippen molar-refractivity contribution in [1.29, 1.82) is 0 Å². The molecule has 80 valence electrons. The van der Waals surface area contributed by atoms with E-state index in [4.69, 9.17) is 10.3 Å². The summed E-state index contributed by atoms with van der Waals surface area (Å²) in [5.41, 5.74) is 0.374. The van der Waals surface area contributed by atoms with Crippen molar-refractivity contribution in [3.05, 3.63) is 0 Å². The van der Waals surface area contributed by atoms with Crippen molar-refractivity contribution in [3.63, 3.8) is 0 Å². The van der Waals surface area contributed by atoms with Crippen LogP contribution in [0.25, 0.3) is 0 Å². The van der Waals surface area contributed by atoms with Gasteiger partial charge in [0.25, 0.3) is 0 Å². The van der Waals surface area contributed by atoms with Crippen LogP contribution in [0, 0.1) is 17.3 Å². The van der Waals surface area contributed by atoms with Crippen LogP contribution in [0.4, 0.5) is 0 Å². The van der Waals surface area contributed by atoms with Gasteiger partial charge in [-0.1, -0.05) is 25.9 Å². The molecule has 0 bridgehead atoms. The molecule has 0 aromatic heterocycles. The molecule has 0 amide bonds. The van der Waals surface area contributed by atoms with Gasteiger partial charge in [-0.05, 0) is 18.3 Å². The van der Waals surface area contributed by atoms with Crippen molar-refractivity contribution < 1.29 is 15.1 Å². The van der Waals surface area contributed by atoms with Crippen molar-refractivity contribution >= 4 is 11.7 Å². The van der Waals surface area contributed by atoms with Crippen molar-refractivity contribution in [2.45, 2.75) is 33.6 Å². The molecule has 0 spiro atoms. The van der Waals surface area contributed by atoms with Gasteiger partial charge < -0.3 is 10.3 Å². The standard InChI is InChI=1S/C10H17NO3/c1-6-8(11-14)5-4-7(9(12)13)10(6,2)3/h6-7,14H,4-5H2,1-3H3,(H,12,13). The first-order valence-corrected chi connectivity index (χ1v) is 4.85. The van der Waals surface area contributed by atoms with E-state index < -0.39 is 5.97 Å². The Hall–Kier alpha value is -1.06. The molecule has 0 aliphatic heterocycles. The van der Waals surface area contributed by atoms with Gasteiger partial charge in [-0.25, -0.2) is 0 Å². The Morgan fingerprint density at radius 3 is 2.57 bits per heavy atom. The molecule has 0 aromatic carbocycles. The molecule has 0 saturated heterocycles. The minimum atomic E-state index is -0.751. The Morgan fingerprint density at radius 1 is 1.57 bits per heavy atom. The first-order chi connectivity index (χ1) is 6.41. The molecule has 14 heavy (non-hydrogen) atoms. The lowest BCUT2D eigenvalue weighted by Crippen LogP contribution is -2.44. The third-order valence-corrected chi connectivity index (χ3v) is 3.63. The van der Waals surface area contributed by atoms with Crippen LogP contribution in [-0.4, -0.2) is 22.0 Å². The lowest BCUT2D eigenvalue weighted by atomic mass is 9.62. The number of carbonyl (C=O) groups is 1. The van der Waals surface area contributed by atoms with Crippen molar-refractivity contribution in [3.8, 4) is 0 Å². The molecular formula is C10H17NO3. The number of carboxylic acid groups (broad SMARTS) is 1. The highest BCUT2D eigenvalue weighted by atomic mass is 16.4. The third kappa shape index (κ3) is 1.61. The predicted molar refractivity (Wildman–Crippen MR) is 52.5 cm³/mol. The molecule has 4 heteroatoms. The summed E-state index contributed by atoms with van der Waals surface area (Å²) in [6.07, 6.45) is 1.14. The van der Waals surface area contributed by atoms with Gasteiger partial charge in [-0.3, -0.25) is 4.79 Å². The maximum Gasteiger partial charge on any atom is 0.307 e. The monoisotopic (exact) mass is 199 g/mol. The first kappa shape index (κ1) is 11.0. The Balaban J connectivity index is 2.96. The van der Waals surface area contributed by atoms with Crippen LogP contribution in [0.1, 0.15) is 33.6 Å². The first-order valence-electron chi connectivity index (χ1n) is 4.85. The Kier molecular flexibility index (Phi) is 2.83. The Labute approximate surface area is 83.6 Å². The third-order valence-electron chi connectivity index (χ3n) is 3.63. The minimum absolute atomic E-state index is 0.0161. The van der Waals surface area contributed by atoms with E-state index in [2.05, 4.69) is 5.16 Å². The van der Waals surface area contributed by atoms with E-state index in [0.29, 0.717) is 18.6 Å². The van der Waals surface area contributed by atoms with Gasteiger partial charge in [-0.2, -0.15) is 0 Å². The molecule has 2 N–H and O–H groups in total. The van der Waals surface area contributed by atoms with Gasteiger partial charge in [0.2, 0.25) is 0 Å². The summed E-state index contributed by atoms with van der Waals surface area (Å²) in [5, 5.41) is 21.0. The molecule has 4 nitrogen and oxygen atoms in total. The second-order valence-electron chi connectivity index (χ2n) is 4.56. The molecule has 0 radical (unpaired) electrons. The van der Waals surface area contributed by atoms with Crippen LogP contribution >= 0.6 is 0 Å². The normalized spacial score (nSPS) is 34.4. The van der Waals surface area contributed by atoms with Crippen molar-refractivity contribution in [2.75, 3.05) is 0 Å². The summed E-state index contributed by atoms with van der Waals surface area (Å²) in [5.74, 6) is -1.08. The molecule has 1 aliphatic carbocycles. The van der Waals surface area contributed by atoms with Gasteiger partial charge in [0.05, 0.1) is 11.6 Å². The molecule has 2 unspecified atom stereocenters. The van der Waals surface area contributed by atoms with Crippen molar-refractivity contribution in [2.24, 2.45) is 22.4 Å². The maximum atomic E-state index is 11.0. The fourth-order valence-corrected chi connectivity index (χ4v) is 2.19. The summed E-state index contributed by atoms with van der Waals surface area (Å²) in [6, 6.07) is 0. The highest BCUT2D eigenvalue weighted by molar-refractivity contribution is 5.89. The zero-order valence-electron chi connectivity index (χ0n) is 8.82. The van der Waals surface area contributed by atoms with Gasteiger partial charge in [0.1, 0.15) is 0 Å². The van der Waals surface area contributed by atoms with Crippen LogP contribution in [0.2, 0.25) is 0 Å². The summed E-state index contributed by atoms with van der Waals surface area (Å²) in [4.78, 5) is 11.0. The molecule has 0 heterocycles. The number of carboxylic acids is 1. The predicted octanol–water partition coefficient (Wildman–Crippen LogP) is 1.97. The maximum absolute atomic E-state index is 11.0. The van der Waals surface area contributed by atoms with E-state index in [9.17, 15) is 4.79 Å². The van der Waals surface area contributed by atoms with Crippen LogP contribution in [0.15, 0.2) is 5.16 Å². The topological polar surface area (TPSA) is 69.9 Å². The highest BCUT2D eigenvalue weighted by Crippen LogP contribution is 2.43. The average Bonchev–Trinajstić information content (AvgIpc) is 2.08. The Morgan fingerprint density at radius 2 is 2.14 bits per heavy atom. The van der Waals surface area contributed by atoms with Gasteiger partial charge >= 0.3 is 5.97 Å². The van der Waals surface area contributed by atoms with Gasteiger partial charge in [0.15, 0.2) is 0 Å². The van der Waals surface area contributed by atoms with E-state index in [1.54, 1.807) is 0 Å². The van der Waals surface area contributed by atoms with Crippen LogP contribution < -0.4 is 0 Å². The smallest absolute Gasteiger partial charge is 0.307 e. The van der Waals surface area contributed by atoms with E-state index in [0.717, 1.165) is 0 Å². The molecule has 1 fully saturated rings. The van der Waals surface area contributed by atoms with Crippen LogP contribution in [0.3, 0.4) is 0 Å². The van der Waals surface area contributed by atoms with E-state index >= 15 is 0 Å². The van der Waals surface area contributed by atoms with Crippen LogP contribution in [-0.2, 0) is 4.79 Å². The second-order valence-corrected chi connectivity index (χ2v) is 4.56. The molecule has 1 aliphatic rings. The quantitative estimate of drug-likeness (QED) is 0.501. The molecule has 1 rings (SSSR count). The zero-order chi connectivity index (χ0) is 10.9. The summed E-state index contributed by atoms with van der Waals surface area (Å²) in [7, 11) is 0. The largest absolute Gasteiger partial charge is 0.481 e. The molecule has 2 atom stereocenters. The fourth-order valence-electron chi connectivity index (χ4n) is 2.19. The lowest BCUT2D eigenvalue weighted by Gasteiger charge is -2.41. The van der Waals surface area contributed by atoms with Gasteiger partial charge in [-0.15, -0.1) is 0 Å². The number of oxime groups is 1. The molecule has 1 saturated carbocycles.